The first kappa shape index (κ1) is 18.8. The van der Waals surface area contributed by atoms with Gasteiger partial charge in [-0.3, -0.25) is 0 Å². The molecule has 0 atom stereocenters. The van der Waals surface area contributed by atoms with Crippen LogP contribution in [0.3, 0.4) is 0 Å². The van der Waals surface area contributed by atoms with Crippen molar-refractivity contribution in [1.29, 1.82) is 0 Å². The molecule has 0 aliphatic heterocycles. The predicted octanol–water partition coefficient (Wildman–Crippen LogP) is 5.69. The number of allylic oxidation sites excluding steroid dienone is 1. The average molecular weight is 240 g/mol. The summed E-state index contributed by atoms with van der Waals surface area (Å²) in [7, 11) is 0. The Morgan fingerprint density at radius 2 is 1.24 bits per heavy atom. The zero-order valence-corrected chi connectivity index (χ0v) is 12.3. The van der Waals surface area contributed by atoms with Gasteiger partial charge in [0.2, 0.25) is 0 Å². The molecule has 0 saturated carbocycles. The van der Waals surface area contributed by atoms with Crippen molar-refractivity contribution in [2.45, 2.75) is 85.0 Å². The van der Waals surface area contributed by atoms with E-state index in [4.69, 9.17) is 0 Å². The minimum atomic E-state index is 0.167. The van der Waals surface area contributed by atoms with Crippen LogP contribution in [0.2, 0.25) is 0 Å². The van der Waals surface area contributed by atoms with E-state index < -0.39 is 0 Å². The summed E-state index contributed by atoms with van der Waals surface area (Å²) in [5.41, 5.74) is 0. The molecular formula is C16H32O. The Hall–Kier alpha value is -0.590. The van der Waals surface area contributed by atoms with Crippen LogP contribution in [-0.4, -0.2) is 5.78 Å². The summed E-state index contributed by atoms with van der Waals surface area (Å²) in [5, 5.41) is 0. The Morgan fingerprint density at radius 3 is 1.59 bits per heavy atom. The minimum Gasteiger partial charge on any atom is -0.300 e. The summed E-state index contributed by atoms with van der Waals surface area (Å²) in [6.07, 6.45) is 16.0. The average Bonchev–Trinajstić information content (AvgIpc) is 2.26. The van der Waals surface area contributed by atoms with Crippen molar-refractivity contribution in [2.24, 2.45) is 0 Å². The van der Waals surface area contributed by atoms with E-state index in [1.807, 2.05) is 6.08 Å². The zero-order chi connectivity index (χ0) is 13.4. The molecule has 0 heterocycles. The monoisotopic (exact) mass is 240 g/mol. The van der Waals surface area contributed by atoms with E-state index in [1.54, 1.807) is 0 Å². The van der Waals surface area contributed by atoms with E-state index in [1.165, 1.54) is 78.1 Å². The van der Waals surface area contributed by atoms with E-state index in [0.29, 0.717) is 0 Å². The molecule has 0 aliphatic rings. The van der Waals surface area contributed by atoms with Gasteiger partial charge in [0.05, 0.1) is 0 Å². The first-order chi connectivity index (χ1) is 8.15. The molecule has 0 aromatic heterocycles. The lowest BCUT2D eigenvalue weighted by Crippen LogP contribution is -1.80. The number of rotatable bonds is 10. The molecule has 0 fully saturated rings. The van der Waals surface area contributed by atoms with Crippen molar-refractivity contribution in [2.75, 3.05) is 0 Å². The van der Waals surface area contributed by atoms with Crippen LogP contribution >= 0.6 is 0 Å². The number of Topliss-reactive ketones (excluding diaryl/α,β-unsaturated/α-hetero) is 1. The topological polar surface area (TPSA) is 17.1 Å². The lowest BCUT2D eigenvalue weighted by atomic mass is 10.1. The second-order valence-corrected chi connectivity index (χ2v) is 4.81. The summed E-state index contributed by atoms with van der Waals surface area (Å²) < 4.78 is 0. The molecule has 0 spiro atoms. The number of ketones is 1. The highest BCUT2D eigenvalue weighted by atomic mass is 16.1. The molecule has 0 rings (SSSR count). The normalized spacial score (nSPS) is 9.35. The standard InChI is InChI=1S/C13H26.C3H6O/c1-3-5-7-9-11-13-12-10-8-6-4-2;1-3(2)4/h3H,1,4-13H2,2H3;1-2H3. The SMILES string of the molecule is C=CCCCCCCCCCCC.CC(C)=O. The third-order valence-electron chi connectivity index (χ3n) is 2.51. The van der Waals surface area contributed by atoms with Crippen molar-refractivity contribution in [3.63, 3.8) is 0 Å². The Kier molecular flexibility index (Phi) is 19.6. The fourth-order valence-electron chi connectivity index (χ4n) is 1.60. The number of carbonyl (C=O) groups excluding carboxylic acids is 1. The quantitative estimate of drug-likeness (QED) is 0.354. The highest BCUT2D eigenvalue weighted by molar-refractivity contribution is 5.72. The molecular weight excluding hydrogens is 208 g/mol. The summed E-state index contributed by atoms with van der Waals surface area (Å²) >= 11 is 0. The van der Waals surface area contributed by atoms with Crippen LogP contribution in [0.15, 0.2) is 12.7 Å². The largest absolute Gasteiger partial charge is 0.300 e. The molecule has 17 heavy (non-hydrogen) atoms. The van der Waals surface area contributed by atoms with Crippen molar-refractivity contribution in [1.82, 2.24) is 0 Å². The molecule has 0 N–H and O–H groups in total. The number of hydrogen-bond donors (Lipinski definition) is 0. The van der Waals surface area contributed by atoms with Gasteiger partial charge in [-0.25, -0.2) is 0 Å². The van der Waals surface area contributed by atoms with Gasteiger partial charge in [-0.05, 0) is 26.7 Å². The molecule has 0 aromatic carbocycles. The molecule has 1 heteroatoms. The summed E-state index contributed by atoms with van der Waals surface area (Å²) in [6, 6.07) is 0. The maximum atomic E-state index is 9.44. The van der Waals surface area contributed by atoms with Crippen LogP contribution in [0.5, 0.6) is 0 Å². The van der Waals surface area contributed by atoms with Crippen LogP contribution in [0.1, 0.15) is 85.0 Å². The number of carbonyl (C=O) groups is 1. The highest BCUT2D eigenvalue weighted by Gasteiger charge is 1.90. The number of hydrogen-bond acceptors (Lipinski definition) is 1. The van der Waals surface area contributed by atoms with Gasteiger partial charge in [0, 0.05) is 0 Å². The van der Waals surface area contributed by atoms with Crippen LogP contribution in [0.25, 0.3) is 0 Å². The van der Waals surface area contributed by atoms with Gasteiger partial charge in [-0.2, -0.15) is 0 Å². The third-order valence-corrected chi connectivity index (χ3v) is 2.51. The van der Waals surface area contributed by atoms with Gasteiger partial charge < -0.3 is 4.79 Å². The highest BCUT2D eigenvalue weighted by Crippen LogP contribution is 2.10. The van der Waals surface area contributed by atoms with Gasteiger partial charge in [-0.1, -0.05) is 64.4 Å². The Labute approximate surface area is 109 Å². The molecule has 1 nitrogen and oxygen atoms in total. The zero-order valence-electron chi connectivity index (χ0n) is 12.3. The van der Waals surface area contributed by atoms with E-state index in [2.05, 4.69) is 13.5 Å². The van der Waals surface area contributed by atoms with E-state index in [9.17, 15) is 4.79 Å². The summed E-state index contributed by atoms with van der Waals surface area (Å²) in [4.78, 5) is 9.44. The smallest absolute Gasteiger partial charge is 0.126 e. The Balaban J connectivity index is 0. The minimum absolute atomic E-state index is 0.167. The Bertz CT molecular complexity index is 157. The van der Waals surface area contributed by atoms with Gasteiger partial charge in [-0.15, -0.1) is 6.58 Å². The summed E-state index contributed by atoms with van der Waals surface area (Å²) in [5.74, 6) is 0.167. The van der Waals surface area contributed by atoms with Crippen LogP contribution in [0, 0.1) is 0 Å². The van der Waals surface area contributed by atoms with Gasteiger partial charge in [0.1, 0.15) is 5.78 Å². The summed E-state index contributed by atoms with van der Waals surface area (Å²) in [6.45, 7) is 9.06. The van der Waals surface area contributed by atoms with Gasteiger partial charge >= 0.3 is 0 Å². The fourth-order valence-corrected chi connectivity index (χ4v) is 1.60. The molecule has 102 valence electrons. The molecule has 0 saturated heterocycles. The van der Waals surface area contributed by atoms with Crippen molar-refractivity contribution < 1.29 is 4.79 Å². The first-order valence-corrected chi connectivity index (χ1v) is 7.23. The van der Waals surface area contributed by atoms with Crippen molar-refractivity contribution in [3.8, 4) is 0 Å². The van der Waals surface area contributed by atoms with Crippen LogP contribution in [-0.2, 0) is 4.79 Å². The number of unbranched alkanes of at least 4 members (excludes halogenated alkanes) is 9. The second kappa shape index (κ2) is 17.8. The first-order valence-electron chi connectivity index (χ1n) is 7.23. The molecule has 0 aliphatic carbocycles. The fraction of sp³-hybridized carbons (Fsp3) is 0.812. The van der Waals surface area contributed by atoms with Gasteiger partial charge in [0.25, 0.3) is 0 Å². The molecule has 0 aromatic rings. The molecule has 0 radical (unpaired) electrons. The van der Waals surface area contributed by atoms with Gasteiger partial charge in [0.15, 0.2) is 0 Å². The van der Waals surface area contributed by atoms with E-state index in [0.717, 1.165) is 0 Å². The van der Waals surface area contributed by atoms with Crippen LogP contribution in [0.4, 0.5) is 0 Å². The predicted molar refractivity (Wildman–Crippen MR) is 78.4 cm³/mol. The lowest BCUT2D eigenvalue weighted by Gasteiger charge is -2.00. The molecule has 0 amide bonds. The maximum Gasteiger partial charge on any atom is 0.126 e. The lowest BCUT2D eigenvalue weighted by molar-refractivity contribution is -0.114. The third kappa shape index (κ3) is 31.3. The maximum absolute atomic E-state index is 9.44. The second-order valence-electron chi connectivity index (χ2n) is 4.81. The van der Waals surface area contributed by atoms with E-state index >= 15 is 0 Å². The molecule has 0 bridgehead atoms. The van der Waals surface area contributed by atoms with E-state index in [-0.39, 0.29) is 5.78 Å². The van der Waals surface area contributed by atoms with Crippen molar-refractivity contribution >= 4 is 5.78 Å². The van der Waals surface area contributed by atoms with Crippen LogP contribution < -0.4 is 0 Å². The van der Waals surface area contributed by atoms with Crippen molar-refractivity contribution in [3.05, 3.63) is 12.7 Å². The molecule has 0 unspecified atom stereocenters. The Morgan fingerprint density at radius 1 is 0.882 bits per heavy atom.